The molecule has 0 saturated carbocycles. The predicted molar refractivity (Wildman–Crippen MR) is 83.1 cm³/mol. The van der Waals surface area contributed by atoms with Crippen molar-refractivity contribution in [3.05, 3.63) is 41.6 Å². The van der Waals surface area contributed by atoms with Gasteiger partial charge in [0.2, 0.25) is 0 Å². The summed E-state index contributed by atoms with van der Waals surface area (Å²) in [5.41, 5.74) is -0.208. The summed E-state index contributed by atoms with van der Waals surface area (Å²) in [6.45, 7) is 1.75. The van der Waals surface area contributed by atoms with Crippen LogP contribution in [0.5, 0.6) is 0 Å². The van der Waals surface area contributed by atoms with Crippen molar-refractivity contribution in [2.75, 3.05) is 18.4 Å². The highest BCUT2D eigenvalue weighted by Gasteiger charge is 2.25. The van der Waals surface area contributed by atoms with Gasteiger partial charge >= 0.3 is 11.9 Å². The molecule has 128 valence electrons. The Labute approximate surface area is 138 Å². The highest BCUT2D eigenvalue weighted by Crippen LogP contribution is 2.21. The van der Waals surface area contributed by atoms with Crippen molar-refractivity contribution in [3.63, 3.8) is 0 Å². The summed E-state index contributed by atoms with van der Waals surface area (Å²) < 4.78 is 36.7. The Morgan fingerprint density at radius 3 is 2.58 bits per heavy atom. The molecule has 0 unspecified atom stereocenters. The van der Waals surface area contributed by atoms with Crippen molar-refractivity contribution >= 4 is 27.8 Å². The molecule has 0 aliphatic carbocycles. The number of benzene rings is 1. The average Bonchev–Trinajstić information content (AvgIpc) is 3.01. The third-order valence-corrected chi connectivity index (χ3v) is 4.36. The number of rotatable bonds is 6. The Morgan fingerprint density at radius 1 is 1.21 bits per heavy atom. The second-order valence-electron chi connectivity index (χ2n) is 4.47. The number of hydrogen-bond donors (Lipinski definition) is 2. The zero-order chi connectivity index (χ0) is 17.7. The molecule has 0 atom stereocenters. The number of esters is 2. The molecule has 1 heterocycles. The van der Waals surface area contributed by atoms with Gasteiger partial charge in [-0.25, -0.2) is 18.0 Å². The lowest BCUT2D eigenvalue weighted by molar-refractivity contribution is 0.0526. The number of aromatic amines is 1. The van der Waals surface area contributed by atoms with Gasteiger partial charge in [0.1, 0.15) is 16.3 Å². The van der Waals surface area contributed by atoms with E-state index in [-0.39, 0.29) is 28.4 Å². The van der Waals surface area contributed by atoms with Gasteiger partial charge in [0, 0.05) is 0 Å². The fourth-order valence-corrected chi connectivity index (χ4v) is 3.13. The monoisotopic (exact) mass is 353 g/mol. The molecular weight excluding hydrogens is 338 g/mol. The maximum absolute atomic E-state index is 12.6. The van der Waals surface area contributed by atoms with Gasteiger partial charge in [-0.05, 0) is 19.1 Å². The molecule has 0 aliphatic heterocycles. The van der Waals surface area contributed by atoms with E-state index in [2.05, 4.69) is 19.7 Å². The average molecular weight is 353 g/mol. The molecule has 1 aromatic heterocycles. The third-order valence-electron chi connectivity index (χ3n) is 2.95. The van der Waals surface area contributed by atoms with Gasteiger partial charge in [-0.1, -0.05) is 12.1 Å². The number of hydrogen-bond acceptors (Lipinski definition) is 7. The van der Waals surface area contributed by atoms with Crippen LogP contribution in [0.25, 0.3) is 0 Å². The Hall–Kier alpha value is -2.88. The van der Waals surface area contributed by atoms with E-state index in [1.165, 1.54) is 24.3 Å². The standard InChI is InChI=1S/C14H15N3O6S/c1-3-23-14(19)10-8-15-16-12(10)17-24(20,21)11-7-5-4-6-9(11)13(18)22-2/h4-8H,3H2,1-2H3,(H2,15,16,17). The normalized spacial score (nSPS) is 10.9. The van der Waals surface area contributed by atoms with E-state index < -0.39 is 22.0 Å². The number of carbonyl (C=O) groups is 2. The maximum Gasteiger partial charge on any atom is 0.343 e. The van der Waals surface area contributed by atoms with Gasteiger partial charge in [-0.3, -0.25) is 9.82 Å². The van der Waals surface area contributed by atoms with Crippen LogP contribution in [0.1, 0.15) is 27.6 Å². The summed E-state index contributed by atoms with van der Waals surface area (Å²) in [6.07, 6.45) is 1.14. The predicted octanol–water partition coefficient (Wildman–Crippen LogP) is 1.17. The molecule has 2 N–H and O–H groups in total. The second kappa shape index (κ2) is 7.13. The molecule has 0 radical (unpaired) electrons. The van der Waals surface area contributed by atoms with E-state index in [9.17, 15) is 18.0 Å². The summed E-state index contributed by atoms with van der Waals surface area (Å²) in [5, 5.41) is 6.01. The molecule has 0 amide bonds. The van der Waals surface area contributed by atoms with Crippen LogP contribution in [-0.4, -0.2) is 44.3 Å². The molecule has 0 fully saturated rings. The van der Waals surface area contributed by atoms with Gasteiger partial charge in [0.05, 0.1) is 25.5 Å². The summed E-state index contributed by atoms with van der Waals surface area (Å²) in [7, 11) is -3.02. The number of nitrogens with zero attached hydrogens (tertiary/aromatic N) is 1. The van der Waals surface area contributed by atoms with Crippen LogP contribution in [0, 0.1) is 0 Å². The minimum atomic E-state index is -4.17. The fraction of sp³-hybridized carbons (Fsp3) is 0.214. The lowest BCUT2D eigenvalue weighted by Gasteiger charge is -2.11. The van der Waals surface area contributed by atoms with E-state index in [4.69, 9.17) is 4.74 Å². The molecule has 0 saturated heterocycles. The molecule has 1 aromatic carbocycles. The lowest BCUT2D eigenvalue weighted by atomic mass is 10.2. The van der Waals surface area contributed by atoms with Crippen LogP contribution in [0.4, 0.5) is 5.82 Å². The zero-order valence-electron chi connectivity index (χ0n) is 12.9. The fourth-order valence-electron chi connectivity index (χ4n) is 1.90. The summed E-state index contributed by atoms with van der Waals surface area (Å²) in [4.78, 5) is 23.2. The first kappa shape index (κ1) is 17.5. The number of ether oxygens (including phenoxy) is 2. The highest BCUT2D eigenvalue weighted by atomic mass is 32.2. The number of nitrogens with one attached hydrogen (secondary N) is 2. The molecule has 10 heteroatoms. The van der Waals surface area contributed by atoms with Crippen molar-refractivity contribution in [2.45, 2.75) is 11.8 Å². The van der Waals surface area contributed by atoms with Crippen molar-refractivity contribution in [1.29, 1.82) is 0 Å². The first-order valence-corrected chi connectivity index (χ1v) is 8.29. The summed E-state index contributed by atoms with van der Waals surface area (Å²) in [5.74, 6) is -1.69. The van der Waals surface area contributed by atoms with Crippen LogP contribution < -0.4 is 4.72 Å². The van der Waals surface area contributed by atoms with Gasteiger partial charge in [-0.15, -0.1) is 0 Å². The van der Waals surface area contributed by atoms with Crippen molar-refractivity contribution in [2.24, 2.45) is 0 Å². The maximum atomic E-state index is 12.6. The Kier molecular flexibility index (Phi) is 5.19. The minimum absolute atomic E-state index is 0.0732. The van der Waals surface area contributed by atoms with Gasteiger partial charge in [0.15, 0.2) is 0 Å². The zero-order valence-corrected chi connectivity index (χ0v) is 13.7. The van der Waals surface area contributed by atoms with Crippen molar-refractivity contribution < 1.29 is 27.5 Å². The molecule has 9 nitrogen and oxygen atoms in total. The molecule has 24 heavy (non-hydrogen) atoms. The molecule has 2 aromatic rings. The minimum Gasteiger partial charge on any atom is -0.465 e. The van der Waals surface area contributed by atoms with Gasteiger partial charge < -0.3 is 9.47 Å². The number of methoxy groups -OCH3 is 1. The SMILES string of the molecule is CCOC(=O)c1cn[nH]c1NS(=O)(=O)c1ccccc1C(=O)OC. The smallest absolute Gasteiger partial charge is 0.343 e. The Bertz CT molecular complexity index is 859. The number of H-pyrrole nitrogens is 1. The van der Waals surface area contributed by atoms with E-state index in [0.29, 0.717) is 0 Å². The first-order chi connectivity index (χ1) is 11.4. The van der Waals surface area contributed by atoms with Gasteiger partial charge in [0.25, 0.3) is 10.0 Å². The first-order valence-electron chi connectivity index (χ1n) is 6.81. The number of anilines is 1. The van der Waals surface area contributed by atoms with E-state index in [1.54, 1.807) is 6.92 Å². The molecular formula is C14H15N3O6S. The Balaban J connectivity index is 2.39. The van der Waals surface area contributed by atoms with Crippen LogP contribution in [0.2, 0.25) is 0 Å². The van der Waals surface area contributed by atoms with E-state index in [0.717, 1.165) is 13.3 Å². The second-order valence-corrected chi connectivity index (χ2v) is 6.12. The number of aromatic nitrogens is 2. The van der Waals surface area contributed by atoms with E-state index >= 15 is 0 Å². The largest absolute Gasteiger partial charge is 0.465 e. The van der Waals surface area contributed by atoms with E-state index in [1.807, 2.05) is 0 Å². The summed E-state index contributed by atoms with van der Waals surface area (Å²) >= 11 is 0. The van der Waals surface area contributed by atoms with Crippen molar-refractivity contribution in [1.82, 2.24) is 10.2 Å². The molecule has 2 rings (SSSR count). The lowest BCUT2D eigenvalue weighted by Crippen LogP contribution is -2.19. The third kappa shape index (κ3) is 3.54. The number of sulfonamides is 1. The quantitative estimate of drug-likeness (QED) is 0.746. The van der Waals surface area contributed by atoms with Crippen LogP contribution >= 0.6 is 0 Å². The van der Waals surface area contributed by atoms with Gasteiger partial charge in [-0.2, -0.15) is 5.10 Å². The van der Waals surface area contributed by atoms with Crippen LogP contribution in [0.3, 0.4) is 0 Å². The molecule has 0 aliphatic rings. The topological polar surface area (TPSA) is 127 Å². The number of carbonyl (C=O) groups excluding carboxylic acids is 2. The highest BCUT2D eigenvalue weighted by molar-refractivity contribution is 7.92. The van der Waals surface area contributed by atoms with Crippen LogP contribution in [0.15, 0.2) is 35.4 Å². The Morgan fingerprint density at radius 2 is 1.92 bits per heavy atom. The molecule has 0 bridgehead atoms. The summed E-state index contributed by atoms with van der Waals surface area (Å²) in [6, 6.07) is 5.53. The van der Waals surface area contributed by atoms with Crippen LogP contribution in [-0.2, 0) is 19.5 Å². The molecule has 0 spiro atoms. The van der Waals surface area contributed by atoms with Crippen molar-refractivity contribution in [3.8, 4) is 0 Å².